The van der Waals surface area contributed by atoms with Crippen molar-refractivity contribution in [1.82, 2.24) is 5.32 Å². The smallest absolute Gasteiger partial charge is 0.303 e. The molecule has 3 rings (SSSR count). The number of nitrogens with zero attached hydrogens (tertiary/aromatic N) is 2. The van der Waals surface area contributed by atoms with E-state index in [1.54, 1.807) is 49.7 Å². The molecule has 1 aliphatic heterocycles. The highest BCUT2D eigenvalue weighted by molar-refractivity contribution is 7.86. The summed E-state index contributed by atoms with van der Waals surface area (Å²) >= 11 is 0. The molecule has 2 atom stereocenters. The second-order valence-corrected chi connectivity index (χ2v) is 19.4. The fraction of sp³-hybridized carbons (Fsp3) is 0.525. The van der Waals surface area contributed by atoms with Crippen LogP contribution in [0.15, 0.2) is 65.2 Å². The molecule has 0 aromatic heterocycles. The Morgan fingerprint density at radius 2 is 1.57 bits per heavy atom. The first-order chi connectivity index (χ1) is 28.1. The van der Waals surface area contributed by atoms with E-state index < -0.39 is 53.2 Å². The van der Waals surface area contributed by atoms with Gasteiger partial charge in [-0.1, -0.05) is 19.4 Å². The summed E-state index contributed by atoms with van der Waals surface area (Å²) in [6.07, 6.45) is 9.44. The number of rotatable bonds is 26. The molecule has 17 nitrogen and oxygen atoms in total. The lowest BCUT2D eigenvalue weighted by molar-refractivity contribution is -0.439. The predicted octanol–water partition coefficient (Wildman–Crippen LogP) is 4.97. The van der Waals surface area contributed by atoms with Crippen molar-refractivity contribution >= 4 is 59.8 Å². The number of nitrogens with one attached hydrogen (secondary N) is 1. The van der Waals surface area contributed by atoms with Gasteiger partial charge in [-0.3, -0.25) is 23.2 Å². The summed E-state index contributed by atoms with van der Waals surface area (Å²) in [5.74, 6) is -2.45. The van der Waals surface area contributed by atoms with E-state index in [4.69, 9.17) is 14.6 Å². The normalized spacial score (nSPS) is 17.4. The van der Waals surface area contributed by atoms with Crippen molar-refractivity contribution in [2.75, 3.05) is 63.5 Å². The summed E-state index contributed by atoms with van der Waals surface area (Å²) in [6, 6.07) is 9.42. The number of methoxy groups -OCH3 is 2. The van der Waals surface area contributed by atoms with Gasteiger partial charge in [-0.05, 0) is 93.3 Å². The number of allylic oxidation sites excluding steroid dienone is 4. The molecular formula is C40H58N3O14S3+. The van der Waals surface area contributed by atoms with Crippen LogP contribution in [0.2, 0.25) is 0 Å². The number of unbranched alkanes of at least 4 members (excludes halogenated alkanes) is 2. The molecule has 0 radical (unpaired) electrons. The third-order valence-electron chi connectivity index (χ3n) is 10.3. The maximum absolute atomic E-state index is 13.0. The largest absolute Gasteiger partial charge is 0.481 e. The number of anilines is 1. The number of fused-ring (bicyclic) bond motifs is 1. The first-order valence-electron chi connectivity index (χ1n) is 19.5. The predicted molar refractivity (Wildman–Crippen MR) is 227 cm³/mol. The zero-order valence-corrected chi connectivity index (χ0v) is 36.9. The Morgan fingerprint density at radius 3 is 2.20 bits per heavy atom. The van der Waals surface area contributed by atoms with Crippen molar-refractivity contribution in [3.63, 3.8) is 0 Å². The summed E-state index contributed by atoms with van der Waals surface area (Å²) in [7, 11) is -10.1. The average Bonchev–Trinajstić information content (AvgIpc) is 3.38. The summed E-state index contributed by atoms with van der Waals surface area (Å²) < 4.78 is 112. The Labute approximate surface area is 353 Å². The lowest BCUT2D eigenvalue weighted by atomic mass is 9.77. The topological polar surface area (TPSA) is 254 Å². The van der Waals surface area contributed by atoms with Crippen LogP contribution in [0.25, 0.3) is 0 Å². The minimum atomic E-state index is -4.61. The molecule has 2 aromatic rings. The molecule has 5 N–H and O–H groups in total. The lowest BCUT2D eigenvalue weighted by Crippen LogP contribution is -2.30. The van der Waals surface area contributed by atoms with Crippen LogP contribution in [0, 0.1) is 0 Å². The van der Waals surface area contributed by atoms with E-state index in [0.717, 1.165) is 5.56 Å². The van der Waals surface area contributed by atoms with Crippen molar-refractivity contribution in [1.29, 1.82) is 0 Å². The molecule has 0 saturated heterocycles. The minimum absolute atomic E-state index is 0.00212. The van der Waals surface area contributed by atoms with Crippen molar-refractivity contribution in [2.45, 2.75) is 81.4 Å². The standard InChI is InChI=1S/C40H57N3O14S3/c1-30(12-10-26-58(47,48)49)33-28-31(39(46)41-20-24-56-3)15-17-35(33)42(23-25-57-4)21-9-7-13-37-40(2,19-11-27-59(50,51)52)34-29-32(60(53,54)55)16-18-36(34)43(37)22-8-5-6-14-38(44)45/h7,9,13,15-18,21,28-30H,5-6,8,10-12,14,19-20,22-27H2,1-4H3,(H4-,41,44,45,46,47,48,49,50,51,52,53,54,55)/p+1. The van der Waals surface area contributed by atoms with E-state index in [9.17, 15) is 48.5 Å². The number of benzene rings is 2. The van der Waals surface area contributed by atoms with Gasteiger partial charge in [-0.15, -0.1) is 0 Å². The number of ether oxygens (including phenoxy) is 2. The third kappa shape index (κ3) is 15.5. The summed E-state index contributed by atoms with van der Waals surface area (Å²) in [6.45, 7) is 5.39. The Hall–Kier alpha value is -4.02. The first kappa shape index (κ1) is 50.3. The van der Waals surface area contributed by atoms with E-state index in [2.05, 4.69) is 5.32 Å². The van der Waals surface area contributed by atoms with Crippen molar-refractivity contribution in [3.05, 3.63) is 77.0 Å². The quantitative estimate of drug-likeness (QED) is 0.0362. The Morgan fingerprint density at radius 1 is 0.883 bits per heavy atom. The molecule has 1 aliphatic rings. The van der Waals surface area contributed by atoms with Crippen LogP contribution in [-0.4, -0.2) is 125 Å². The molecule has 60 heavy (non-hydrogen) atoms. The fourth-order valence-corrected chi connectivity index (χ4v) is 8.79. The molecule has 20 heteroatoms. The second kappa shape index (κ2) is 22.7. The van der Waals surface area contributed by atoms with Crippen molar-refractivity contribution in [2.24, 2.45) is 0 Å². The fourth-order valence-electron chi connectivity index (χ4n) is 7.24. The van der Waals surface area contributed by atoms with E-state index >= 15 is 0 Å². The van der Waals surface area contributed by atoms with Gasteiger partial charge in [0.2, 0.25) is 5.69 Å². The Kier molecular flexibility index (Phi) is 19.1. The van der Waals surface area contributed by atoms with E-state index in [1.165, 1.54) is 19.2 Å². The Balaban J connectivity index is 2.17. The van der Waals surface area contributed by atoms with Crippen molar-refractivity contribution < 1.29 is 67.7 Å². The molecule has 0 spiro atoms. The molecule has 0 bridgehead atoms. The van der Waals surface area contributed by atoms with Crippen LogP contribution in [-0.2, 0) is 50.0 Å². The summed E-state index contributed by atoms with van der Waals surface area (Å²) in [5, 5.41) is 11.9. The molecule has 0 fully saturated rings. The molecule has 1 amide bonds. The minimum Gasteiger partial charge on any atom is -0.481 e. The SMILES string of the molecule is COCCNC(=O)c1ccc([N+](=CC=CC=C2N(CCCCCC(=O)O)c3ccc(S(=O)(=O)O)cc3C2(C)CCCS(=O)(=O)O)CCOC)c(C(C)CCCS(=O)(=O)O)c1. The molecule has 1 heterocycles. The maximum Gasteiger partial charge on any atom is 0.303 e. The summed E-state index contributed by atoms with van der Waals surface area (Å²) in [4.78, 5) is 25.8. The number of carboxylic acid groups (broad SMARTS) is 1. The van der Waals surface area contributed by atoms with Crippen LogP contribution < -0.4 is 10.2 Å². The molecular weight excluding hydrogens is 843 g/mol. The highest BCUT2D eigenvalue weighted by atomic mass is 32.2. The Bertz CT molecular complexity index is 2240. The van der Waals surface area contributed by atoms with Gasteiger partial charge in [0.1, 0.15) is 6.61 Å². The highest BCUT2D eigenvalue weighted by Crippen LogP contribution is 2.51. The average molecular weight is 901 g/mol. The molecule has 2 aromatic carbocycles. The van der Waals surface area contributed by atoms with E-state index in [1.807, 2.05) is 29.4 Å². The van der Waals surface area contributed by atoms with Crippen LogP contribution in [0.4, 0.5) is 11.4 Å². The maximum atomic E-state index is 13.0. The molecule has 0 saturated carbocycles. The van der Waals surface area contributed by atoms with Gasteiger partial charge in [0.05, 0.1) is 23.0 Å². The van der Waals surface area contributed by atoms with Gasteiger partial charge in [-0.2, -0.15) is 29.8 Å². The second-order valence-electron chi connectivity index (χ2n) is 14.9. The monoisotopic (exact) mass is 900 g/mol. The van der Waals surface area contributed by atoms with Gasteiger partial charge >= 0.3 is 5.97 Å². The van der Waals surface area contributed by atoms with Crippen LogP contribution in [0.5, 0.6) is 0 Å². The number of aliphatic carboxylic acids is 1. The number of hydrogen-bond acceptors (Lipinski definition) is 11. The number of carboxylic acids is 1. The number of amides is 1. The molecule has 334 valence electrons. The first-order valence-corrected chi connectivity index (χ1v) is 24.2. The van der Waals surface area contributed by atoms with E-state index in [-0.39, 0.29) is 42.4 Å². The molecule has 2 unspecified atom stereocenters. The summed E-state index contributed by atoms with van der Waals surface area (Å²) in [5.41, 5.74) is 2.64. The van der Waals surface area contributed by atoms with Crippen LogP contribution in [0.3, 0.4) is 0 Å². The van der Waals surface area contributed by atoms with Crippen molar-refractivity contribution in [3.8, 4) is 0 Å². The zero-order chi connectivity index (χ0) is 44.7. The number of carbonyl (C=O) groups excluding carboxylic acids is 1. The molecule has 0 aliphatic carbocycles. The van der Waals surface area contributed by atoms with Gasteiger partial charge < -0.3 is 24.8 Å². The lowest BCUT2D eigenvalue weighted by Gasteiger charge is -2.30. The highest BCUT2D eigenvalue weighted by Gasteiger charge is 2.43. The van der Waals surface area contributed by atoms with Gasteiger partial charge in [0, 0.05) is 73.8 Å². The zero-order valence-electron chi connectivity index (χ0n) is 34.4. The third-order valence-corrected chi connectivity index (χ3v) is 12.7. The van der Waals surface area contributed by atoms with Crippen LogP contribution in [0.1, 0.15) is 92.6 Å². The number of carbonyl (C=O) groups is 2. The number of hydrogen-bond donors (Lipinski definition) is 5. The van der Waals surface area contributed by atoms with E-state index in [0.29, 0.717) is 86.7 Å². The van der Waals surface area contributed by atoms with Gasteiger partial charge in [0.25, 0.3) is 36.3 Å². The van der Waals surface area contributed by atoms with Gasteiger partial charge in [0.15, 0.2) is 12.8 Å². The van der Waals surface area contributed by atoms with Crippen LogP contribution >= 0.6 is 0 Å². The van der Waals surface area contributed by atoms with Gasteiger partial charge in [-0.25, -0.2) is 0 Å².